The molecule has 1 N–H and O–H groups in total. The van der Waals surface area contributed by atoms with Crippen LogP contribution in [0.1, 0.15) is 32.1 Å². The molecule has 4 nitrogen and oxygen atoms in total. The topological polar surface area (TPSA) is 63.6 Å². The fraction of sp³-hybridized carbons (Fsp3) is 0.636. The lowest BCUT2D eigenvalue weighted by molar-refractivity contribution is 0.313. The number of rotatable bonds is 9. The van der Waals surface area contributed by atoms with Gasteiger partial charge < -0.3 is 4.74 Å². The normalized spacial score (nSPS) is 11.6. The molecule has 0 aliphatic rings. The third-order valence-electron chi connectivity index (χ3n) is 2.29. The minimum absolute atomic E-state index is 0.126. The van der Waals surface area contributed by atoms with Crippen LogP contribution in [0, 0.1) is 0 Å². The van der Waals surface area contributed by atoms with Crippen molar-refractivity contribution in [3.8, 4) is 5.06 Å². The van der Waals surface area contributed by atoms with Gasteiger partial charge in [-0.15, -0.1) is 11.3 Å². The summed E-state index contributed by atoms with van der Waals surface area (Å²) < 4.78 is 34.9. The SMILES string of the molecule is O=S(=O)(O)CCCCCCCOc1cccs1. The molecule has 0 saturated heterocycles. The molecule has 6 heteroatoms. The summed E-state index contributed by atoms with van der Waals surface area (Å²) in [5.41, 5.74) is 0. The second-order valence-corrected chi connectivity index (χ2v) is 6.32. The Bertz CT molecular complexity index is 384. The second-order valence-electron chi connectivity index (χ2n) is 3.83. The Morgan fingerprint density at radius 2 is 1.88 bits per heavy atom. The van der Waals surface area contributed by atoms with E-state index in [2.05, 4.69) is 0 Å². The molecule has 1 aromatic rings. The summed E-state index contributed by atoms with van der Waals surface area (Å²) in [7, 11) is -3.77. The van der Waals surface area contributed by atoms with Gasteiger partial charge in [0.1, 0.15) is 0 Å². The van der Waals surface area contributed by atoms with Crippen LogP contribution in [0.2, 0.25) is 0 Å². The molecule has 0 fully saturated rings. The average Bonchev–Trinajstić information content (AvgIpc) is 2.73. The Morgan fingerprint density at radius 3 is 2.53 bits per heavy atom. The first-order valence-corrected chi connectivity index (χ1v) is 8.18. The highest BCUT2D eigenvalue weighted by atomic mass is 32.2. The summed E-state index contributed by atoms with van der Waals surface area (Å²) in [5.74, 6) is -0.126. The first-order valence-electron chi connectivity index (χ1n) is 5.69. The minimum Gasteiger partial charge on any atom is -0.484 e. The summed E-state index contributed by atoms with van der Waals surface area (Å²) in [6.07, 6.45) is 4.34. The Kier molecular flexibility index (Phi) is 6.54. The van der Waals surface area contributed by atoms with Crippen molar-refractivity contribution in [2.45, 2.75) is 32.1 Å². The van der Waals surface area contributed by atoms with Gasteiger partial charge in [-0.25, -0.2) is 0 Å². The molecule has 0 atom stereocenters. The number of ether oxygens (including phenoxy) is 1. The summed E-state index contributed by atoms with van der Waals surface area (Å²) in [6, 6.07) is 3.89. The van der Waals surface area contributed by atoms with E-state index in [9.17, 15) is 8.42 Å². The van der Waals surface area contributed by atoms with Gasteiger partial charge in [0.2, 0.25) is 0 Å². The zero-order valence-corrected chi connectivity index (χ0v) is 11.3. The summed E-state index contributed by atoms with van der Waals surface area (Å²) in [5, 5.41) is 2.92. The van der Waals surface area contributed by atoms with Crippen LogP contribution in [0.3, 0.4) is 0 Å². The molecule has 0 aliphatic carbocycles. The number of thiophene rings is 1. The largest absolute Gasteiger partial charge is 0.484 e. The molecule has 0 aromatic carbocycles. The maximum atomic E-state index is 10.4. The van der Waals surface area contributed by atoms with Crippen LogP contribution in [-0.2, 0) is 10.1 Å². The van der Waals surface area contributed by atoms with Gasteiger partial charge in [0.05, 0.1) is 12.4 Å². The van der Waals surface area contributed by atoms with E-state index in [1.807, 2.05) is 17.5 Å². The molecule has 0 unspecified atom stereocenters. The summed E-state index contributed by atoms with van der Waals surface area (Å²) >= 11 is 1.58. The molecule has 1 heterocycles. The van der Waals surface area contributed by atoms with Crippen molar-refractivity contribution in [1.29, 1.82) is 0 Å². The van der Waals surface area contributed by atoms with Crippen molar-refractivity contribution >= 4 is 21.5 Å². The van der Waals surface area contributed by atoms with Gasteiger partial charge in [-0.1, -0.05) is 19.3 Å². The molecule has 0 amide bonds. The molecule has 17 heavy (non-hydrogen) atoms. The standard InChI is InChI=1S/C11H18O4S2/c12-17(13,14)10-5-3-1-2-4-8-15-11-7-6-9-16-11/h6-7,9H,1-5,8,10H2,(H,12,13,14). The third-order valence-corrected chi connectivity index (χ3v) is 3.87. The van der Waals surface area contributed by atoms with E-state index >= 15 is 0 Å². The number of hydrogen-bond acceptors (Lipinski definition) is 4. The third kappa shape index (κ3) is 8.18. The molecule has 0 bridgehead atoms. The van der Waals surface area contributed by atoms with E-state index in [4.69, 9.17) is 9.29 Å². The fourth-order valence-electron chi connectivity index (χ4n) is 1.44. The monoisotopic (exact) mass is 278 g/mol. The highest BCUT2D eigenvalue weighted by Gasteiger charge is 2.02. The van der Waals surface area contributed by atoms with Crippen LogP contribution in [0.4, 0.5) is 0 Å². The average molecular weight is 278 g/mol. The van der Waals surface area contributed by atoms with E-state index in [1.54, 1.807) is 11.3 Å². The van der Waals surface area contributed by atoms with Crippen molar-refractivity contribution in [3.63, 3.8) is 0 Å². The molecule has 1 rings (SSSR count). The van der Waals surface area contributed by atoms with Crippen molar-refractivity contribution in [2.24, 2.45) is 0 Å². The Balaban J connectivity index is 1.88. The predicted octanol–water partition coefficient (Wildman–Crippen LogP) is 2.97. The molecular weight excluding hydrogens is 260 g/mol. The second kappa shape index (κ2) is 7.68. The number of unbranched alkanes of at least 4 members (excludes halogenated alkanes) is 4. The zero-order chi connectivity index (χ0) is 12.6. The van der Waals surface area contributed by atoms with Crippen molar-refractivity contribution in [1.82, 2.24) is 0 Å². The quantitative estimate of drug-likeness (QED) is 0.557. The number of hydrogen-bond donors (Lipinski definition) is 1. The van der Waals surface area contributed by atoms with Crippen LogP contribution in [0.25, 0.3) is 0 Å². The molecule has 0 radical (unpaired) electrons. The molecular formula is C11H18O4S2. The van der Waals surface area contributed by atoms with E-state index in [-0.39, 0.29) is 5.75 Å². The van der Waals surface area contributed by atoms with Gasteiger partial charge in [0.15, 0.2) is 5.06 Å². The van der Waals surface area contributed by atoms with Gasteiger partial charge in [0, 0.05) is 0 Å². The molecule has 98 valence electrons. The van der Waals surface area contributed by atoms with E-state index in [0.29, 0.717) is 13.0 Å². The lowest BCUT2D eigenvalue weighted by atomic mass is 10.2. The lowest BCUT2D eigenvalue weighted by Crippen LogP contribution is -2.03. The van der Waals surface area contributed by atoms with E-state index in [0.717, 1.165) is 30.7 Å². The van der Waals surface area contributed by atoms with Crippen LogP contribution < -0.4 is 4.74 Å². The van der Waals surface area contributed by atoms with Gasteiger partial charge >= 0.3 is 0 Å². The summed E-state index contributed by atoms with van der Waals surface area (Å²) in [6.45, 7) is 0.707. The first-order chi connectivity index (χ1) is 8.08. The predicted molar refractivity (Wildman–Crippen MR) is 69.3 cm³/mol. The highest BCUT2D eigenvalue weighted by Crippen LogP contribution is 2.18. The highest BCUT2D eigenvalue weighted by molar-refractivity contribution is 7.85. The smallest absolute Gasteiger partial charge is 0.264 e. The Hall–Kier alpha value is -0.590. The van der Waals surface area contributed by atoms with Crippen molar-refractivity contribution in [3.05, 3.63) is 17.5 Å². The fourth-order valence-corrected chi connectivity index (χ4v) is 2.60. The van der Waals surface area contributed by atoms with Gasteiger partial charge in [-0.05, 0) is 30.4 Å². The van der Waals surface area contributed by atoms with Crippen LogP contribution >= 0.6 is 11.3 Å². The van der Waals surface area contributed by atoms with Gasteiger partial charge in [-0.2, -0.15) is 8.42 Å². The van der Waals surface area contributed by atoms with E-state index < -0.39 is 10.1 Å². The maximum Gasteiger partial charge on any atom is 0.264 e. The Labute approximate surface area is 106 Å². The van der Waals surface area contributed by atoms with Crippen LogP contribution in [0.5, 0.6) is 5.06 Å². The lowest BCUT2D eigenvalue weighted by Gasteiger charge is -2.03. The summed E-state index contributed by atoms with van der Waals surface area (Å²) in [4.78, 5) is 0. The first kappa shape index (κ1) is 14.5. The minimum atomic E-state index is -3.77. The van der Waals surface area contributed by atoms with Crippen molar-refractivity contribution in [2.75, 3.05) is 12.4 Å². The van der Waals surface area contributed by atoms with Crippen LogP contribution in [0.15, 0.2) is 17.5 Å². The molecule has 0 spiro atoms. The van der Waals surface area contributed by atoms with Gasteiger partial charge in [-0.3, -0.25) is 4.55 Å². The molecule has 0 saturated carbocycles. The van der Waals surface area contributed by atoms with Crippen LogP contribution in [-0.4, -0.2) is 25.3 Å². The maximum absolute atomic E-state index is 10.4. The Morgan fingerprint density at radius 1 is 1.18 bits per heavy atom. The zero-order valence-electron chi connectivity index (χ0n) is 9.67. The molecule has 1 aromatic heterocycles. The van der Waals surface area contributed by atoms with Gasteiger partial charge in [0.25, 0.3) is 10.1 Å². The molecule has 0 aliphatic heterocycles. The van der Waals surface area contributed by atoms with Crippen molar-refractivity contribution < 1.29 is 17.7 Å². The van der Waals surface area contributed by atoms with E-state index in [1.165, 1.54) is 0 Å².